The zero-order chi connectivity index (χ0) is 17.6. The van der Waals surface area contributed by atoms with Gasteiger partial charge in [0.2, 0.25) is 0 Å². The molecule has 0 saturated carbocycles. The van der Waals surface area contributed by atoms with E-state index in [2.05, 4.69) is 47.0 Å². The van der Waals surface area contributed by atoms with Crippen molar-refractivity contribution in [2.45, 2.75) is 45.8 Å². The highest BCUT2D eigenvalue weighted by atomic mass is 15.2. The number of likely N-dealkylation sites (tertiary alicyclic amines) is 1. The zero-order valence-corrected chi connectivity index (χ0v) is 15.0. The third kappa shape index (κ3) is 4.34. The summed E-state index contributed by atoms with van der Waals surface area (Å²) in [4.78, 5) is 13.5. The normalized spacial score (nSPS) is 15.4. The molecule has 1 saturated heterocycles. The molecule has 0 aromatic carbocycles. The predicted molar refractivity (Wildman–Crippen MR) is 97.4 cm³/mol. The smallest absolute Gasteiger partial charge is 0.179 e. The van der Waals surface area contributed by atoms with Crippen molar-refractivity contribution in [1.29, 1.82) is 5.26 Å². The number of pyridine rings is 2. The summed E-state index contributed by atoms with van der Waals surface area (Å²) in [6.45, 7) is 7.54. The van der Waals surface area contributed by atoms with Gasteiger partial charge in [-0.3, -0.25) is 14.9 Å². The Kier molecular flexibility index (Phi) is 5.62. The Hall–Kier alpha value is -2.45. The minimum Gasteiger partial charge on any atom is -0.311 e. The SMILES string of the molecule is Cc1cccnc1CN(Cc1ncccc1C)C1CCN(C#N)CC1. The maximum atomic E-state index is 9.10. The maximum Gasteiger partial charge on any atom is 0.179 e. The fourth-order valence-corrected chi connectivity index (χ4v) is 3.40. The number of piperidine rings is 1. The van der Waals surface area contributed by atoms with Gasteiger partial charge in [-0.15, -0.1) is 0 Å². The van der Waals surface area contributed by atoms with Crippen molar-refractivity contribution in [2.75, 3.05) is 13.1 Å². The Balaban J connectivity index is 1.80. The highest BCUT2D eigenvalue weighted by molar-refractivity contribution is 5.20. The Morgan fingerprint density at radius 1 is 1.04 bits per heavy atom. The molecule has 0 spiro atoms. The summed E-state index contributed by atoms with van der Waals surface area (Å²) in [5, 5.41) is 9.10. The molecule has 0 unspecified atom stereocenters. The van der Waals surface area contributed by atoms with E-state index >= 15 is 0 Å². The van der Waals surface area contributed by atoms with E-state index in [1.807, 2.05) is 29.4 Å². The molecule has 3 rings (SSSR count). The first kappa shape index (κ1) is 17.4. The topological polar surface area (TPSA) is 56.1 Å². The Labute approximate surface area is 149 Å². The van der Waals surface area contributed by atoms with Crippen LogP contribution >= 0.6 is 0 Å². The molecular formula is C20H25N5. The van der Waals surface area contributed by atoms with Crippen molar-refractivity contribution in [1.82, 2.24) is 19.8 Å². The van der Waals surface area contributed by atoms with Crippen LogP contribution in [0.3, 0.4) is 0 Å². The highest BCUT2D eigenvalue weighted by Crippen LogP contribution is 2.22. The number of rotatable bonds is 5. The minimum atomic E-state index is 0.451. The van der Waals surface area contributed by atoms with Crippen LogP contribution < -0.4 is 0 Å². The summed E-state index contributed by atoms with van der Waals surface area (Å²) >= 11 is 0. The van der Waals surface area contributed by atoms with Crippen LogP contribution in [0.2, 0.25) is 0 Å². The maximum absolute atomic E-state index is 9.10. The molecule has 0 amide bonds. The summed E-state index contributed by atoms with van der Waals surface area (Å²) in [6, 6.07) is 8.65. The van der Waals surface area contributed by atoms with Gasteiger partial charge in [-0.1, -0.05) is 12.1 Å². The van der Waals surface area contributed by atoms with E-state index in [4.69, 9.17) is 5.26 Å². The molecule has 130 valence electrons. The molecule has 0 atom stereocenters. The van der Waals surface area contributed by atoms with Crippen molar-refractivity contribution in [3.8, 4) is 6.19 Å². The number of aryl methyl sites for hydroxylation is 2. The lowest BCUT2D eigenvalue weighted by atomic mass is 10.0. The standard InChI is InChI=1S/C20H25N5/c1-16-5-3-9-22-19(16)13-25(14-20-17(2)6-4-10-23-20)18-7-11-24(15-21)12-8-18/h3-6,9-10,18H,7-8,11-14H2,1-2H3. The van der Waals surface area contributed by atoms with E-state index in [1.165, 1.54) is 11.1 Å². The van der Waals surface area contributed by atoms with Gasteiger partial charge in [0.25, 0.3) is 0 Å². The lowest BCUT2D eigenvalue weighted by molar-refractivity contribution is 0.115. The van der Waals surface area contributed by atoms with Crippen molar-refractivity contribution < 1.29 is 0 Å². The first-order chi connectivity index (χ1) is 12.2. The van der Waals surface area contributed by atoms with Gasteiger partial charge in [0, 0.05) is 44.6 Å². The van der Waals surface area contributed by atoms with Gasteiger partial charge in [-0.25, -0.2) is 0 Å². The van der Waals surface area contributed by atoms with E-state index < -0.39 is 0 Å². The molecule has 1 aliphatic heterocycles. The van der Waals surface area contributed by atoms with Crippen molar-refractivity contribution in [3.05, 3.63) is 59.2 Å². The second kappa shape index (κ2) is 8.09. The number of nitriles is 1. The molecule has 3 heterocycles. The molecule has 0 N–H and O–H groups in total. The number of hydrogen-bond acceptors (Lipinski definition) is 5. The summed E-state index contributed by atoms with van der Waals surface area (Å²) in [5.74, 6) is 0. The molecule has 1 aliphatic rings. The fraction of sp³-hybridized carbons (Fsp3) is 0.450. The Bertz CT molecular complexity index is 696. The number of hydrogen-bond donors (Lipinski definition) is 0. The second-order valence-electron chi connectivity index (χ2n) is 6.76. The van der Waals surface area contributed by atoms with Crippen LogP contribution in [-0.4, -0.2) is 38.9 Å². The van der Waals surface area contributed by atoms with Gasteiger partial charge < -0.3 is 4.90 Å². The zero-order valence-electron chi connectivity index (χ0n) is 15.0. The predicted octanol–water partition coefficient (Wildman–Crippen LogP) is 3.04. The molecule has 0 aliphatic carbocycles. The van der Waals surface area contributed by atoms with Crippen LogP contribution in [0.1, 0.15) is 35.4 Å². The quantitative estimate of drug-likeness (QED) is 0.786. The molecule has 1 fully saturated rings. The summed E-state index contributed by atoms with van der Waals surface area (Å²) in [5.41, 5.74) is 4.69. The van der Waals surface area contributed by atoms with Crippen LogP contribution in [0.5, 0.6) is 0 Å². The largest absolute Gasteiger partial charge is 0.311 e. The lowest BCUT2D eigenvalue weighted by Gasteiger charge is -2.37. The van der Waals surface area contributed by atoms with Crippen molar-refractivity contribution in [3.63, 3.8) is 0 Å². The van der Waals surface area contributed by atoms with Gasteiger partial charge in [0.15, 0.2) is 6.19 Å². The highest BCUT2D eigenvalue weighted by Gasteiger charge is 2.25. The van der Waals surface area contributed by atoms with Crippen molar-refractivity contribution in [2.24, 2.45) is 0 Å². The molecule has 0 radical (unpaired) electrons. The van der Waals surface area contributed by atoms with Gasteiger partial charge in [0.05, 0.1) is 11.4 Å². The van der Waals surface area contributed by atoms with Gasteiger partial charge in [-0.2, -0.15) is 5.26 Å². The molecular weight excluding hydrogens is 310 g/mol. The van der Waals surface area contributed by atoms with E-state index in [1.54, 1.807) is 0 Å². The first-order valence-electron chi connectivity index (χ1n) is 8.87. The van der Waals surface area contributed by atoms with Crippen LogP contribution in [0, 0.1) is 25.3 Å². The van der Waals surface area contributed by atoms with Crippen molar-refractivity contribution >= 4 is 0 Å². The van der Waals surface area contributed by atoms with Crippen LogP contribution in [0.4, 0.5) is 0 Å². The Morgan fingerprint density at radius 2 is 1.56 bits per heavy atom. The number of nitrogens with zero attached hydrogens (tertiary/aromatic N) is 5. The van der Waals surface area contributed by atoms with Crippen LogP contribution in [0.15, 0.2) is 36.7 Å². The van der Waals surface area contributed by atoms with E-state index in [0.717, 1.165) is 50.4 Å². The Morgan fingerprint density at radius 3 is 2.00 bits per heavy atom. The molecule has 2 aromatic heterocycles. The van der Waals surface area contributed by atoms with Crippen LogP contribution in [0.25, 0.3) is 0 Å². The average Bonchev–Trinajstić information content (AvgIpc) is 2.65. The first-order valence-corrected chi connectivity index (χ1v) is 8.87. The summed E-state index contributed by atoms with van der Waals surface area (Å²) in [6.07, 6.45) is 8.01. The fourth-order valence-electron chi connectivity index (χ4n) is 3.40. The van der Waals surface area contributed by atoms with Gasteiger partial charge >= 0.3 is 0 Å². The number of aromatic nitrogens is 2. The lowest BCUT2D eigenvalue weighted by Crippen LogP contribution is -2.43. The van der Waals surface area contributed by atoms with Gasteiger partial charge in [0.1, 0.15) is 0 Å². The third-order valence-corrected chi connectivity index (χ3v) is 5.06. The third-order valence-electron chi connectivity index (χ3n) is 5.06. The molecule has 5 nitrogen and oxygen atoms in total. The monoisotopic (exact) mass is 335 g/mol. The van der Waals surface area contributed by atoms with Gasteiger partial charge in [-0.05, 0) is 49.9 Å². The molecule has 2 aromatic rings. The molecule has 5 heteroatoms. The summed E-state index contributed by atoms with van der Waals surface area (Å²) in [7, 11) is 0. The second-order valence-corrected chi connectivity index (χ2v) is 6.76. The van der Waals surface area contributed by atoms with E-state index in [0.29, 0.717) is 6.04 Å². The summed E-state index contributed by atoms with van der Waals surface area (Å²) < 4.78 is 0. The molecule has 25 heavy (non-hydrogen) atoms. The van der Waals surface area contributed by atoms with Crippen LogP contribution in [-0.2, 0) is 13.1 Å². The van der Waals surface area contributed by atoms with E-state index in [-0.39, 0.29) is 0 Å². The van der Waals surface area contributed by atoms with E-state index in [9.17, 15) is 0 Å². The molecule has 0 bridgehead atoms. The average molecular weight is 335 g/mol. The minimum absolute atomic E-state index is 0.451.